The first-order chi connectivity index (χ1) is 9.69. The first kappa shape index (κ1) is 13.9. The molecule has 2 aromatic heterocycles. The molecule has 20 heavy (non-hydrogen) atoms. The Hall–Kier alpha value is -2.48. The number of methoxy groups -OCH3 is 1. The summed E-state index contributed by atoms with van der Waals surface area (Å²) in [6.07, 6.45) is 0. The van der Waals surface area contributed by atoms with Crippen LogP contribution in [-0.2, 0) is 4.74 Å². The molecule has 106 valence electrons. The van der Waals surface area contributed by atoms with E-state index in [0.29, 0.717) is 30.5 Å². The van der Waals surface area contributed by atoms with Crippen LogP contribution < -0.4 is 10.6 Å². The summed E-state index contributed by atoms with van der Waals surface area (Å²) in [4.78, 5) is 11.9. The minimum atomic E-state index is -0.394. The number of aryl methyl sites for hydroxylation is 1. The van der Waals surface area contributed by atoms with Crippen molar-refractivity contribution in [1.29, 1.82) is 0 Å². The lowest BCUT2D eigenvalue weighted by molar-refractivity contribution is 0.102. The second kappa shape index (κ2) is 6.62. The predicted octanol–water partition coefficient (Wildman–Crippen LogP) is 1.08. The van der Waals surface area contributed by atoms with Crippen molar-refractivity contribution in [3.8, 4) is 0 Å². The zero-order valence-electron chi connectivity index (χ0n) is 11.2. The summed E-state index contributed by atoms with van der Waals surface area (Å²) in [5.41, 5.74) is 0.197. The number of nitrogens with one attached hydrogen (secondary N) is 2. The number of carbonyl (C=O) groups is 1. The number of carbonyl (C=O) groups excluding carboxylic acids is 1. The Bertz CT molecular complexity index is 567. The van der Waals surface area contributed by atoms with E-state index in [9.17, 15) is 4.79 Å². The molecule has 2 N–H and O–H groups in total. The number of amides is 1. The van der Waals surface area contributed by atoms with Gasteiger partial charge in [-0.15, -0.1) is 10.2 Å². The molecule has 0 aliphatic heterocycles. The van der Waals surface area contributed by atoms with Crippen LogP contribution in [0.5, 0.6) is 0 Å². The summed E-state index contributed by atoms with van der Waals surface area (Å²) in [6, 6.07) is 4.86. The van der Waals surface area contributed by atoms with Gasteiger partial charge in [0.1, 0.15) is 11.6 Å². The highest BCUT2D eigenvalue weighted by molar-refractivity contribution is 6.02. The van der Waals surface area contributed by atoms with Crippen molar-refractivity contribution in [2.75, 3.05) is 30.9 Å². The molecule has 0 saturated carbocycles. The number of nitrogens with zero attached hydrogens (tertiary/aromatic N) is 3. The first-order valence-corrected chi connectivity index (χ1v) is 6.00. The quantitative estimate of drug-likeness (QED) is 0.762. The zero-order chi connectivity index (χ0) is 14.4. The van der Waals surface area contributed by atoms with Gasteiger partial charge in [-0.25, -0.2) is 0 Å². The summed E-state index contributed by atoms with van der Waals surface area (Å²) in [7, 11) is 1.62. The fourth-order valence-corrected chi connectivity index (χ4v) is 1.43. The fourth-order valence-electron chi connectivity index (χ4n) is 1.43. The van der Waals surface area contributed by atoms with E-state index in [2.05, 4.69) is 26.0 Å². The molecule has 0 saturated heterocycles. The molecule has 0 atom stereocenters. The van der Waals surface area contributed by atoms with Crippen molar-refractivity contribution in [3.63, 3.8) is 0 Å². The molecule has 0 bridgehead atoms. The van der Waals surface area contributed by atoms with Gasteiger partial charge in [-0.1, -0.05) is 5.16 Å². The van der Waals surface area contributed by atoms with Crippen LogP contribution in [0.15, 0.2) is 22.7 Å². The smallest absolute Gasteiger partial charge is 0.277 e. The van der Waals surface area contributed by atoms with Gasteiger partial charge >= 0.3 is 0 Å². The molecule has 2 aromatic rings. The third-order valence-electron chi connectivity index (χ3n) is 2.38. The van der Waals surface area contributed by atoms with E-state index in [0.717, 1.165) is 0 Å². The van der Waals surface area contributed by atoms with Crippen LogP contribution >= 0.6 is 0 Å². The van der Waals surface area contributed by atoms with E-state index in [1.165, 1.54) is 0 Å². The summed E-state index contributed by atoms with van der Waals surface area (Å²) in [6.45, 7) is 2.92. The van der Waals surface area contributed by atoms with Crippen molar-refractivity contribution in [1.82, 2.24) is 15.4 Å². The van der Waals surface area contributed by atoms with Crippen LogP contribution in [0, 0.1) is 6.92 Å². The molecule has 1 amide bonds. The van der Waals surface area contributed by atoms with Gasteiger partial charge in [0.15, 0.2) is 11.5 Å². The van der Waals surface area contributed by atoms with E-state index in [1.54, 1.807) is 32.2 Å². The molecule has 0 aliphatic carbocycles. The van der Waals surface area contributed by atoms with E-state index in [1.807, 2.05) is 0 Å². The number of rotatable bonds is 6. The molecule has 0 fully saturated rings. The molecular weight excluding hydrogens is 262 g/mol. The molecule has 0 aliphatic rings. The Morgan fingerprint density at radius 2 is 2.20 bits per heavy atom. The Labute approximate surface area is 115 Å². The Morgan fingerprint density at radius 3 is 2.80 bits per heavy atom. The van der Waals surface area contributed by atoms with Crippen molar-refractivity contribution < 1.29 is 14.1 Å². The average Bonchev–Trinajstić information content (AvgIpc) is 2.85. The molecule has 0 radical (unpaired) electrons. The zero-order valence-corrected chi connectivity index (χ0v) is 11.2. The maximum Gasteiger partial charge on any atom is 0.277 e. The van der Waals surface area contributed by atoms with Gasteiger partial charge in [-0.3, -0.25) is 4.79 Å². The molecular formula is C12H15N5O3. The van der Waals surface area contributed by atoms with E-state index in [4.69, 9.17) is 9.26 Å². The highest BCUT2D eigenvalue weighted by atomic mass is 16.5. The number of aromatic nitrogens is 3. The molecule has 8 nitrogen and oxygen atoms in total. The summed E-state index contributed by atoms with van der Waals surface area (Å²) in [5.74, 6) is 1.14. The van der Waals surface area contributed by atoms with Crippen LogP contribution in [0.1, 0.15) is 16.2 Å². The van der Waals surface area contributed by atoms with E-state index >= 15 is 0 Å². The molecule has 2 rings (SSSR count). The van der Waals surface area contributed by atoms with Gasteiger partial charge < -0.3 is 19.9 Å². The largest absolute Gasteiger partial charge is 0.383 e. The molecule has 8 heteroatoms. The van der Waals surface area contributed by atoms with Crippen LogP contribution in [0.3, 0.4) is 0 Å². The lowest BCUT2D eigenvalue weighted by Crippen LogP contribution is -2.15. The number of ether oxygens (including phenoxy) is 1. The number of hydrogen-bond acceptors (Lipinski definition) is 7. The number of anilines is 2. The highest BCUT2D eigenvalue weighted by Gasteiger charge is 2.10. The third-order valence-corrected chi connectivity index (χ3v) is 2.38. The second-order valence-electron chi connectivity index (χ2n) is 4.00. The van der Waals surface area contributed by atoms with Gasteiger partial charge in [-0.05, 0) is 19.1 Å². The van der Waals surface area contributed by atoms with Crippen molar-refractivity contribution >= 4 is 17.5 Å². The van der Waals surface area contributed by atoms with E-state index in [-0.39, 0.29) is 5.69 Å². The molecule has 0 unspecified atom stereocenters. The highest BCUT2D eigenvalue weighted by Crippen LogP contribution is 2.09. The Kier molecular flexibility index (Phi) is 4.61. The fraction of sp³-hybridized carbons (Fsp3) is 0.333. The second-order valence-corrected chi connectivity index (χ2v) is 4.00. The minimum Gasteiger partial charge on any atom is -0.383 e. The maximum atomic E-state index is 11.9. The lowest BCUT2D eigenvalue weighted by atomic mass is 10.3. The van der Waals surface area contributed by atoms with Crippen LogP contribution in [-0.4, -0.2) is 41.5 Å². The standard InChI is InChI=1S/C12H15N5O3/c1-8-7-11(17-20-8)14-12(18)9-3-4-10(16-15-9)13-5-6-19-2/h3-4,7H,5-6H2,1-2H3,(H,13,16)(H,14,17,18). The van der Waals surface area contributed by atoms with Crippen molar-refractivity contribution in [2.45, 2.75) is 6.92 Å². The minimum absolute atomic E-state index is 0.197. The van der Waals surface area contributed by atoms with Gasteiger partial charge in [0.2, 0.25) is 0 Å². The topological polar surface area (TPSA) is 102 Å². The number of hydrogen-bond donors (Lipinski definition) is 2. The normalized spacial score (nSPS) is 10.3. The van der Waals surface area contributed by atoms with Crippen LogP contribution in [0.4, 0.5) is 11.6 Å². The predicted molar refractivity (Wildman–Crippen MR) is 71.6 cm³/mol. The van der Waals surface area contributed by atoms with Gasteiger partial charge in [0, 0.05) is 19.7 Å². The molecule has 2 heterocycles. The summed E-state index contributed by atoms with van der Waals surface area (Å²) >= 11 is 0. The van der Waals surface area contributed by atoms with Crippen LogP contribution in [0.2, 0.25) is 0 Å². The Balaban J connectivity index is 1.93. The van der Waals surface area contributed by atoms with Gasteiger partial charge in [-0.2, -0.15) is 0 Å². The molecule has 0 aromatic carbocycles. The monoisotopic (exact) mass is 277 g/mol. The average molecular weight is 277 g/mol. The molecule has 0 spiro atoms. The summed E-state index contributed by atoms with van der Waals surface area (Å²) in [5, 5.41) is 17.0. The summed E-state index contributed by atoms with van der Waals surface area (Å²) < 4.78 is 9.76. The third kappa shape index (κ3) is 3.75. The van der Waals surface area contributed by atoms with Crippen LogP contribution in [0.25, 0.3) is 0 Å². The SMILES string of the molecule is COCCNc1ccc(C(=O)Nc2cc(C)on2)nn1. The maximum absolute atomic E-state index is 11.9. The first-order valence-electron chi connectivity index (χ1n) is 6.00. The van der Waals surface area contributed by atoms with Gasteiger partial charge in [0.25, 0.3) is 5.91 Å². The van der Waals surface area contributed by atoms with Crippen molar-refractivity contribution in [2.24, 2.45) is 0 Å². The Morgan fingerprint density at radius 1 is 1.35 bits per heavy atom. The van der Waals surface area contributed by atoms with E-state index < -0.39 is 5.91 Å². The van der Waals surface area contributed by atoms with Crippen molar-refractivity contribution in [3.05, 3.63) is 29.7 Å². The lowest BCUT2D eigenvalue weighted by Gasteiger charge is -2.04. The van der Waals surface area contributed by atoms with Gasteiger partial charge in [0.05, 0.1) is 6.61 Å².